The number of halogens is 2. The average molecular weight is 415 g/mol. The van der Waals surface area contributed by atoms with Gasteiger partial charge in [0.25, 0.3) is 0 Å². The number of aliphatic carboxylic acids is 1. The molecular weight excluding hydrogens is 402 g/mol. The number of carboxylic acid groups (broad SMARTS) is 1. The molecule has 0 heterocycles. The molecule has 0 fully saturated rings. The highest BCUT2D eigenvalue weighted by atomic mass is 79.9. The Kier molecular flexibility index (Phi) is 5.16. The van der Waals surface area contributed by atoms with Crippen molar-refractivity contribution in [1.29, 1.82) is 0 Å². The van der Waals surface area contributed by atoms with E-state index in [1.54, 1.807) is 12.1 Å². The first kappa shape index (κ1) is 16.6. The lowest BCUT2D eigenvalue weighted by molar-refractivity contribution is -0.138. The zero-order chi connectivity index (χ0) is 14.8. The van der Waals surface area contributed by atoms with Crippen LogP contribution in [0.5, 0.6) is 0 Å². The molecule has 0 aliphatic rings. The van der Waals surface area contributed by atoms with Gasteiger partial charge in [0.1, 0.15) is 0 Å². The Labute approximate surface area is 128 Å². The van der Waals surface area contributed by atoms with Gasteiger partial charge in [-0.05, 0) is 48.0 Å². The summed E-state index contributed by atoms with van der Waals surface area (Å²) in [5.41, 5.74) is -1.08. The van der Waals surface area contributed by atoms with E-state index in [1.165, 1.54) is 19.9 Å². The summed E-state index contributed by atoms with van der Waals surface area (Å²) >= 11 is 6.37. The van der Waals surface area contributed by atoms with Crippen molar-refractivity contribution in [2.24, 2.45) is 0 Å². The third-order valence-electron chi connectivity index (χ3n) is 2.19. The molecule has 0 aliphatic carbocycles. The van der Waals surface area contributed by atoms with Crippen LogP contribution in [0.4, 0.5) is 0 Å². The SMILES string of the molecule is CC(C)(CC(=O)O)NS(=O)(=O)c1cc(Br)ccc1Br. The van der Waals surface area contributed by atoms with E-state index in [-0.39, 0.29) is 11.3 Å². The molecule has 1 rings (SSSR count). The van der Waals surface area contributed by atoms with Gasteiger partial charge in [-0.15, -0.1) is 0 Å². The Bertz CT molecular complexity index is 599. The predicted molar refractivity (Wildman–Crippen MR) is 78.5 cm³/mol. The molecule has 1 aromatic carbocycles. The summed E-state index contributed by atoms with van der Waals surface area (Å²) in [6.07, 6.45) is -0.308. The average Bonchev–Trinajstić information content (AvgIpc) is 2.17. The van der Waals surface area contributed by atoms with Crippen molar-refractivity contribution in [2.45, 2.75) is 30.7 Å². The molecule has 0 amide bonds. The molecule has 8 heteroatoms. The number of carboxylic acids is 1. The number of carbonyl (C=O) groups is 1. The number of sulfonamides is 1. The smallest absolute Gasteiger partial charge is 0.305 e. The summed E-state index contributed by atoms with van der Waals surface area (Å²) < 4.78 is 27.9. The molecule has 1 aromatic rings. The van der Waals surface area contributed by atoms with Crippen molar-refractivity contribution in [3.05, 3.63) is 27.1 Å². The van der Waals surface area contributed by atoms with Gasteiger partial charge in [0, 0.05) is 14.5 Å². The van der Waals surface area contributed by atoms with E-state index < -0.39 is 21.5 Å². The molecule has 0 atom stereocenters. The monoisotopic (exact) mass is 413 g/mol. The van der Waals surface area contributed by atoms with Crippen LogP contribution in [0.15, 0.2) is 32.0 Å². The molecule has 0 saturated carbocycles. The normalized spacial score (nSPS) is 12.4. The van der Waals surface area contributed by atoms with Gasteiger partial charge < -0.3 is 5.11 Å². The third kappa shape index (κ3) is 4.87. The van der Waals surface area contributed by atoms with Crippen molar-refractivity contribution >= 4 is 47.9 Å². The van der Waals surface area contributed by atoms with Crippen LogP contribution < -0.4 is 4.72 Å². The summed E-state index contributed by atoms with van der Waals surface area (Å²) in [6.45, 7) is 3.04. The number of rotatable bonds is 5. The van der Waals surface area contributed by atoms with Crippen LogP contribution in [-0.2, 0) is 14.8 Å². The largest absolute Gasteiger partial charge is 0.481 e. The van der Waals surface area contributed by atoms with E-state index >= 15 is 0 Å². The first-order valence-electron chi connectivity index (χ1n) is 5.24. The summed E-state index contributed by atoms with van der Waals surface area (Å²) in [5, 5.41) is 8.76. The van der Waals surface area contributed by atoms with Gasteiger partial charge >= 0.3 is 5.97 Å². The van der Waals surface area contributed by atoms with Crippen LogP contribution in [0.1, 0.15) is 20.3 Å². The highest BCUT2D eigenvalue weighted by molar-refractivity contribution is 9.11. The maximum Gasteiger partial charge on any atom is 0.305 e. The topological polar surface area (TPSA) is 83.5 Å². The second kappa shape index (κ2) is 5.90. The Hall–Kier alpha value is -0.440. The summed E-state index contributed by atoms with van der Waals surface area (Å²) in [5.74, 6) is -1.07. The van der Waals surface area contributed by atoms with Crippen LogP contribution in [0.25, 0.3) is 0 Å². The summed E-state index contributed by atoms with van der Waals surface area (Å²) in [7, 11) is -3.81. The quantitative estimate of drug-likeness (QED) is 0.775. The number of nitrogens with one attached hydrogen (secondary N) is 1. The lowest BCUT2D eigenvalue weighted by atomic mass is 10.0. The van der Waals surface area contributed by atoms with Gasteiger partial charge in [-0.1, -0.05) is 15.9 Å². The molecule has 0 spiro atoms. The van der Waals surface area contributed by atoms with E-state index in [1.807, 2.05) is 0 Å². The molecule has 0 unspecified atom stereocenters. The van der Waals surface area contributed by atoms with E-state index in [4.69, 9.17) is 5.11 Å². The van der Waals surface area contributed by atoms with Crippen molar-refractivity contribution < 1.29 is 18.3 Å². The maximum atomic E-state index is 12.2. The zero-order valence-corrected chi connectivity index (χ0v) is 14.3. The minimum absolute atomic E-state index is 0.0559. The van der Waals surface area contributed by atoms with Crippen LogP contribution in [0, 0.1) is 0 Å². The summed E-state index contributed by atoms with van der Waals surface area (Å²) in [6, 6.07) is 4.75. The first-order chi connectivity index (χ1) is 8.53. The minimum atomic E-state index is -3.81. The van der Waals surface area contributed by atoms with Gasteiger partial charge in [0.05, 0.1) is 11.3 Å². The molecule has 0 saturated heterocycles. The Morgan fingerprint density at radius 1 is 1.37 bits per heavy atom. The van der Waals surface area contributed by atoms with Gasteiger partial charge in [0.15, 0.2) is 0 Å². The van der Waals surface area contributed by atoms with Gasteiger partial charge in [-0.25, -0.2) is 13.1 Å². The van der Waals surface area contributed by atoms with E-state index in [2.05, 4.69) is 36.6 Å². The van der Waals surface area contributed by atoms with Crippen LogP contribution in [0.2, 0.25) is 0 Å². The highest BCUT2D eigenvalue weighted by Crippen LogP contribution is 2.27. The lowest BCUT2D eigenvalue weighted by Crippen LogP contribution is -2.44. The van der Waals surface area contributed by atoms with Crippen molar-refractivity contribution in [3.8, 4) is 0 Å². The van der Waals surface area contributed by atoms with Crippen molar-refractivity contribution in [2.75, 3.05) is 0 Å². The second-order valence-electron chi connectivity index (χ2n) is 4.63. The molecule has 0 aromatic heterocycles. The molecule has 106 valence electrons. The minimum Gasteiger partial charge on any atom is -0.481 e. The molecular formula is C11H13Br2NO4S. The van der Waals surface area contributed by atoms with Gasteiger partial charge in [0.2, 0.25) is 10.0 Å². The van der Waals surface area contributed by atoms with Gasteiger partial charge in [-0.3, -0.25) is 4.79 Å². The molecule has 19 heavy (non-hydrogen) atoms. The van der Waals surface area contributed by atoms with Crippen molar-refractivity contribution in [1.82, 2.24) is 4.72 Å². The fourth-order valence-electron chi connectivity index (χ4n) is 1.52. The Morgan fingerprint density at radius 3 is 2.47 bits per heavy atom. The summed E-state index contributed by atoms with van der Waals surface area (Å²) in [4.78, 5) is 10.8. The highest BCUT2D eigenvalue weighted by Gasteiger charge is 2.29. The predicted octanol–water partition coefficient (Wildman–Crippen LogP) is 2.74. The number of hydrogen-bond donors (Lipinski definition) is 2. The molecule has 2 N–H and O–H groups in total. The standard InChI is InChI=1S/C11H13Br2NO4S/c1-11(2,6-10(15)16)14-19(17,18)9-5-7(12)3-4-8(9)13/h3-5,14H,6H2,1-2H3,(H,15,16). The molecule has 0 bridgehead atoms. The van der Waals surface area contributed by atoms with Crippen LogP contribution >= 0.6 is 31.9 Å². The van der Waals surface area contributed by atoms with Gasteiger partial charge in [-0.2, -0.15) is 0 Å². The maximum absolute atomic E-state index is 12.2. The number of benzene rings is 1. The Morgan fingerprint density at radius 2 is 1.95 bits per heavy atom. The Balaban J connectivity index is 3.11. The van der Waals surface area contributed by atoms with Crippen LogP contribution in [-0.4, -0.2) is 25.0 Å². The van der Waals surface area contributed by atoms with E-state index in [0.717, 1.165) is 0 Å². The molecule has 5 nitrogen and oxygen atoms in total. The van der Waals surface area contributed by atoms with E-state index in [0.29, 0.717) is 8.95 Å². The fraction of sp³-hybridized carbons (Fsp3) is 0.364. The van der Waals surface area contributed by atoms with Crippen molar-refractivity contribution in [3.63, 3.8) is 0 Å². The molecule has 0 aliphatic heterocycles. The first-order valence-corrected chi connectivity index (χ1v) is 8.31. The third-order valence-corrected chi connectivity index (χ3v) is 5.37. The lowest BCUT2D eigenvalue weighted by Gasteiger charge is -2.24. The number of hydrogen-bond acceptors (Lipinski definition) is 3. The zero-order valence-electron chi connectivity index (χ0n) is 10.3. The fourth-order valence-corrected chi connectivity index (χ4v) is 4.43. The second-order valence-corrected chi connectivity index (χ2v) is 8.06. The molecule has 0 radical (unpaired) electrons. The van der Waals surface area contributed by atoms with E-state index in [9.17, 15) is 13.2 Å². The van der Waals surface area contributed by atoms with Crippen LogP contribution in [0.3, 0.4) is 0 Å².